The van der Waals surface area contributed by atoms with Crippen LogP contribution in [0.2, 0.25) is 0 Å². The van der Waals surface area contributed by atoms with Crippen LogP contribution in [0.3, 0.4) is 0 Å². The summed E-state index contributed by atoms with van der Waals surface area (Å²) >= 11 is 0. The van der Waals surface area contributed by atoms with Gasteiger partial charge in [-0.25, -0.2) is 8.42 Å². The molecule has 0 bridgehead atoms. The third-order valence-electron chi connectivity index (χ3n) is 4.51. The molecule has 1 atom stereocenters. The number of sulfone groups is 1. The second-order valence-corrected chi connectivity index (χ2v) is 10.1. The summed E-state index contributed by atoms with van der Waals surface area (Å²) in [5.41, 5.74) is 0.342. The lowest BCUT2D eigenvalue weighted by Crippen LogP contribution is -2.44. The molecule has 0 spiro atoms. The molecule has 0 aromatic heterocycles. The van der Waals surface area contributed by atoms with Crippen LogP contribution < -0.4 is 5.32 Å². The second kappa shape index (κ2) is 6.55. The molecule has 1 N–H and O–H groups in total. The van der Waals surface area contributed by atoms with E-state index in [0.717, 1.165) is 31.9 Å². The van der Waals surface area contributed by atoms with Gasteiger partial charge in [0.15, 0.2) is 15.8 Å². The molecule has 0 radical (unpaired) electrons. The monoisotopic (exact) mass is 317 g/mol. The predicted molar refractivity (Wildman–Crippen MR) is 89.5 cm³/mol. The molecule has 0 saturated carbocycles. The van der Waals surface area contributed by atoms with E-state index in [9.17, 15) is 8.42 Å². The van der Waals surface area contributed by atoms with Crippen molar-refractivity contribution >= 4 is 15.8 Å². The lowest BCUT2D eigenvalue weighted by atomic mass is 9.87. The number of nitrogens with one attached hydrogen (secondary N) is 1. The van der Waals surface area contributed by atoms with E-state index in [0.29, 0.717) is 12.0 Å². The molecule has 0 aromatic rings. The second-order valence-electron chi connectivity index (χ2n) is 7.24. The van der Waals surface area contributed by atoms with Crippen molar-refractivity contribution in [3.63, 3.8) is 0 Å². The minimum Gasteiger partial charge on any atom is -0.355 e. The zero-order chi connectivity index (χ0) is 16.3. The fourth-order valence-electron chi connectivity index (χ4n) is 2.43. The minimum absolute atomic E-state index is 0.133. The first-order chi connectivity index (χ1) is 9.54. The summed E-state index contributed by atoms with van der Waals surface area (Å²) in [5.74, 6) is 0.949. The van der Waals surface area contributed by atoms with Gasteiger partial charge in [0.05, 0.1) is 10.5 Å². The van der Waals surface area contributed by atoms with E-state index in [1.54, 1.807) is 27.8 Å². The molecule has 21 heavy (non-hydrogen) atoms. The van der Waals surface area contributed by atoms with Gasteiger partial charge in [0.25, 0.3) is 0 Å². The first-order valence-corrected chi connectivity index (χ1v) is 9.38. The van der Waals surface area contributed by atoms with Gasteiger partial charge in [-0.1, -0.05) is 13.8 Å². The Hall–Kier alpha value is -0.780. The Morgan fingerprint density at radius 3 is 2.43 bits per heavy atom. The Kier molecular flexibility index (Phi) is 5.69. The van der Waals surface area contributed by atoms with Gasteiger partial charge in [-0.2, -0.15) is 0 Å². The van der Waals surface area contributed by atoms with E-state index in [2.05, 4.69) is 29.1 Å². The van der Waals surface area contributed by atoms with Crippen molar-refractivity contribution in [3.05, 3.63) is 0 Å². The van der Waals surface area contributed by atoms with Crippen molar-refractivity contribution in [1.82, 2.24) is 10.2 Å². The summed E-state index contributed by atoms with van der Waals surface area (Å²) in [7, 11) is -1.34. The third-order valence-corrected chi connectivity index (χ3v) is 7.12. The molecule has 0 aliphatic carbocycles. The van der Waals surface area contributed by atoms with E-state index in [-0.39, 0.29) is 5.75 Å². The zero-order valence-corrected chi connectivity index (χ0v) is 15.2. The molecule has 1 saturated heterocycles. The van der Waals surface area contributed by atoms with Crippen molar-refractivity contribution in [2.45, 2.75) is 52.2 Å². The standard InChI is InChI=1S/C15H31N3O2S/c1-7-15(5)8-10-18(12-15)13(16-6)17-9-11-21(19,20)14(2,3)4/h7-12H2,1-6H3,(H,16,17). The molecule has 6 heteroatoms. The Morgan fingerprint density at radius 1 is 1.38 bits per heavy atom. The minimum atomic E-state index is -3.09. The molecular weight excluding hydrogens is 286 g/mol. The third kappa shape index (κ3) is 4.59. The highest BCUT2D eigenvalue weighted by atomic mass is 32.2. The van der Waals surface area contributed by atoms with Gasteiger partial charge in [-0.05, 0) is 39.0 Å². The number of rotatable bonds is 4. The van der Waals surface area contributed by atoms with E-state index in [1.165, 1.54) is 0 Å². The van der Waals surface area contributed by atoms with Gasteiger partial charge in [0, 0.05) is 26.7 Å². The first-order valence-electron chi connectivity index (χ1n) is 7.72. The maximum absolute atomic E-state index is 12.1. The number of aliphatic imine (C=N–C) groups is 1. The van der Waals surface area contributed by atoms with Gasteiger partial charge in [0.2, 0.25) is 0 Å². The van der Waals surface area contributed by atoms with Crippen LogP contribution >= 0.6 is 0 Å². The van der Waals surface area contributed by atoms with Crippen LogP contribution in [0.15, 0.2) is 4.99 Å². The smallest absolute Gasteiger partial charge is 0.193 e. The molecule has 0 aromatic carbocycles. The van der Waals surface area contributed by atoms with Gasteiger partial charge in [-0.3, -0.25) is 4.99 Å². The van der Waals surface area contributed by atoms with E-state index in [1.807, 2.05) is 0 Å². The van der Waals surface area contributed by atoms with Gasteiger partial charge < -0.3 is 10.2 Å². The molecule has 1 heterocycles. The average molecular weight is 317 g/mol. The fraction of sp³-hybridized carbons (Fsp3) is 0.933. The molecule has 124 valence electrons. The van der Waals surface area contributed by atoms with E-state index < -0.39 is 14.6 Å². The predicted octanol–water partition coefficient (Wildman–Crippen LogP) is 1.90. The van der Waals surface area contributed by atoms with Crippen LogP contribution in [-0.4, -0.2) is 56.5 Å². The lowest BCUT2D eigenvalue weighted by molar-refractivity contribution is 0.322. The number of hydrogen-bond acceptors (Lipinski definition) is 3. The van der Waals surface area contributed by atoms with E-state index in [4.69, 9.17) is 0 Å². The molecular formula is C15H31N3O2S. The zero-order valence-electron chi connectivity index (χ0n) is 14.4. The van der Waals surface area contributed by atoms with Crippen LogP contribution in [0.5, 0.6) is 0 Å². The number of nitrogens with zero attached hydrogens (tertiary/aromatic N) is 2. The number of guanidine groups is 1. The van der Waals surface area contributed by atoms with Crippen molar-refractivity contribution < 1.29 is 8.42 Å². The van der Waals surface area contributed by atoms with Gasteiger partial charge >= 0.3 is 0 Å². The number of likely N-dealkylation sites (tertiary alicyclic amines) is 1. The largest absolute Gasteiger partial charge is 0.355 e. The quantitative estimate of drug-likeness (QED) is 0.635. The topological polar surface area (TPSA) is 61.8 Å². The van der Waals surface area contributed by atoms with Crippen LogP contribution in [0.4, 0.5) is 0 Å². The molecule has 5 nitrogen and oxygen atoms in total. The molecule has 1 aliphatic heterocycles. The summed E-state index contributed by atoms with van der Waals surface area (Å²) in [5, 5.41) is 3.20. The Labute approximate surface area is 130 Å². The van der Waals surface area contributed by atoms with Crippen molar-refractivity contribution in [1.29, 1.82) is 0 Å². The molecule has 1 unspecified atom stereocenters. The van der Waals surface area contributed by atoms with Crippen LogP contribution in [-0.2, 0) is 9.84 Å². The van der Waals surface area contributed by atoms with E-state index >= 15 is 0 Å². The maximum atomic E-state index is 12.1. The maximum Gasteiger partial charge on any atom is 0.193 e. The highest BCUT2D eigenvalue weighted by molar-refractivity contribution is 7.92. The highest BCUT2D eigenvalue weighted by Gasteiger charge is 2.34. The normalized spacial score (nSPS) is 24.5. The Bertz CT molecular complexity index is 480. The van der Waals surface area contributed by atoms with Crippen LogP contribution in [0.25, 0.3) is 0 Å². The Morgan fingerprint density at radius 2 is 2.00 bits per heavy atom. The SMILES string of the molecule is CCC1(C)CCN(C(=NC)NCCS(=O)(=O)C(C)(C)C)C1. The summed E-state index contributed by atoms with van der Waals surface area (Å²) in [6.45, 7) is 12.1. The van der Waals surface area contributed by atoms with Crippen molar-refractivity contribution in [2.24, 2.45) is 10.4 Å². The number of hydrogen-bond donors (Lipinski definition) is 1. The van der Waals surface area contributed by atoms with Crippen LogP contribution in [0.1, 0.15) is 47.5 Å². The van der Waals surface area contributed by atoms with Gasteiger partial charge in [0.1, 0.15) is 0 Å². The fourth-order valence-corrected chi connectivity index (χ4v) is 3.41. The molecule has 0 amide bonds. The lowest BCUT2D eigenvalue weighted by Gasteiger charge is -2.26. The van der Waals surface area contributed by atoms with Crippen molar-refractivity contribution in [2.75, 3.05) is 32.4 Å². The Balaban J connectivity index is 2.55. The van der Waals surface area contributed by atoms with Gasteiger partial charge in [-0.15, -0.1) is 0 Å². The average Bonchev–Trinajstić information content (AvgIpc) is 2.76. The molecule has 1 aliphatic rings. The van der Waals surface area contributed by atoms with Crippen molar-refractivity contribution in [3.8, 4) is 0 Å². The first kappa shape index (κ1) is 18.3. The van der Waals surface area contributed by atoms with Crippen LogP contribution in [0, 0.1) is 5.41 Å². The molecule has 1 rings (SSSR count). The summed E-state index contributed by atoms with van der Waals surface area (Å²) in [4.78, 5) is 6.52. The summed E-state index contributed by atoms with van der Waals surface area (Å²) in [6, 6.07) is 0. The summed E-state index contributed by atoms with van der Waals surface area (Å²) < 4.78 is 23.5. The summed E-state index contributed by atoms with van der Waals surface area (Å²) in [6.07, 6.45) is 2.31. The highest BCUT2D eigenvalue weighted by Crippen LogP contribution is 2.32. The molecule has 1 fully saturated rings.